The monoisotopic (exact) mass is 454 g/mol. The number of thioether (sulfide) groups is 1. The average Bonchev–Trinajstić information content (AvgIpc) is 2.41. The van der Waals surface area contributed by atoms with Crippen LogP contribution in [0.5, 0.6) is 0 Å². The molecule has 0 aromatic carbocycles. The fourth-order valence-corrected chi connectivity index (χ4v) is 5.78. The van der Waals surface area contributed by atoms with Crippen LogP contribution in [-0.2, 0) is 19.1 Å². The van der Waals surface area contributed by atoms with E-state index in [1.807, 2.05) is 0 Å². The molecule has 1 fully saturated rings. The van der Waals surface area contributed by atoms with E-state index in [0.717, 1.165) is 5.57 Å². The molecule has 2 heterocycles. The number of esters is 1. The van der Waals surface area contributed by atoms with E-state index >= 15 is 0 Å². The number of nitrogens with one attached hydrogen (secondary N) is 1. The minimum atomic E-state index is -0.655. The minimum absolute atomic E-state index is 0.139. The summed E-state index contributed by atoms with van der Waals surface area (Å²) >= 11 is 8.34. The lowest BCUT2D eigenvalue weighted by Gasteiger charge is -2.50. The van der Waals surface area contributed by atoms with Crippen LogP contribution in [0, 0.1) is 0 Å². The summed E-state index contributed by atoms with van der Waals surface area (Å²) < 4.78 is 5.28. The number of rotatable bonds is 4. The Bertz CT molecular complexity index is 547. The molecule has 22 heavy (non-hydrogen) atoms. The van der Waals surface area contributed by atoms with Crippen LogP contribution < -0.4 is 5.32 Å². The fourth-order valence-electron chi connectivity index (χ4n) is 2.21. The summed E-state index contributed by atoms with van der Waals surface area (Å²) in [5.41, 5.74) is 0.345. The van der Waals surface area contributed by atoms with Crippen molar-refractivity contribution in [3.8, 4) is 0 Å². The highest BCUT2D eigenvalue weighted by atomic mass is 79.9. The topological polar surface area (TPSA) is 75.7 Å². The highest BCUT2D eigenvalue weighted by Crippen LogP contribution is 2.47. The van der Waals surface area contributed by atoms with E-state index in [2.05, 4.69) is 37.2 Å². The Hall–Kier alpha value is -0.540. The van der Waals surface area contributed by atoms with Crippen LogP contribution in [0.2, 0.25) is 0 Å². The Morgan fingerprint density at radius 1 is 1.50 bits per heavy atom. The number of ether oxygens (including phenoxy) is 1. The van der Waals surface area contributed by atoms with Crippen LogP contribution in [0.25, 0.3) is 0 Å². The Balaban J connectivity index is 2.36. The van der Waals surface area contributed by atoms with E-state index in [-0.39, 0.29) is 21.1 Å². The fraction of sp³-hybridized carbons (Fsp3) is 0.615. The van der Waals surface area contributed by atoms with Gasteiger partial charge in [-0.05, 0) is 26.3 Å². The lowest BCUT2D eigenvalue weighted by molar-refractivity contribution is -0.158. The first kappa shape index (κ1) is 17.8. The summed E-state index contributed by atoms with van der Waals surface area (Å²) in [4.78, 5) is 36.8. The van der Waals surface area contributed by atoms with Gasteiger partial charge in [-0.3, -0.25) is 14.5 Å². The van der Waals surface area contributed by atoms with Crippen molar-refractivity contribution in [3.05, 3.63) is 11.3 Å². The van der Waals surface area contributed by atoms with Gasteiger partial charge in [0.2, 0.25) is 6.41 Å². The number of amides is 2. The largest absolute Gasteiger partial charge is 0.455 e. The molecule has 0 unspecified atom stereocenters. The highest BCUT2D eigenvalue weighted by Gasteiger charge is 2.55. The molecule has 2 aliphatic heterocycles. The molecule has 0 radical (unpaired) electrons. The predicted molar refractivity (Wildman–Crippen MR) is 90.6 cm³/mol. The van der Waals surface area contributed by atoms with Crippen molar-refractivity contribution >= 4 is 61.9 Å². The summed E-state index contributed by atoms with van der Waals surface area (Å²) in [7, 11) is 0. The molecule has 1 N–H and O–H groups in total. The number of alkyl halides is 2. The van der Waals surface area contributed by atoms with Gasteiger partial charge in [0, 0.05) is 5.33 Å². The molecule has 0 aliphatic carbocycles. The van der Waals surface area contributed by atoms with Gasteiger partial charge in [0.05, 0.1) is 4.16 Å². The normalized spacial score (nSPS) is 28.0. The molecular weight excluding hydrogens is 440 g/mol. The molecule has 2 amide bonds. The second-order valence-electron chi connectivity index (χ2n) is 5.82. The molecule has 2 rings (SSSR count). The van der Waals surface area contributed by atoms with Crippen LogP contribution in [0.3, 0.4) is 0 Å². The van der Waals surface area contributed by atoms with Gasteiger partial charge in [-0.25, -0.2) is 4.79 Å². The SMILES string of the molecule is CC(C)(C)OC(=O)C1=C(CBr)[C@H](Br)S[C@H]2[C@H](NC=O)C(=O)N12. The van der Waals surface area contributed by atoms with Crippen molar-refractivity contribution in [2.75, 3.05) is 5.33 Å². The number of carbonyl (C=O) groups is 3. The van der Waals surface area contributed by atoms with E-state index in [1.54, 1.807) is 20.8 Å². The van der Waals surface area contributed by atoms with Gasteiger partial charge in [-0.1, -0.05) is 31.9 Å². The predicted octanol–water partition coefficient (Wildman–Crippen LogP) is 1.73. The first-order valence-electron chi connectivity index (χ1n) is 6.56. The third kappa shape index (κ3) is 3.21. The van der Waals surface area contributed by atoms with Crippen LogP contribution in [0.15, 0.2) is 11.3 Å². The second kappa shape index (κ2) is 6.52. The number of hydrogen-bond donors (Lipinski definition) is 1. The van der Waals surface area contributed by atoms with E-state index in [4.69, 9.17) is 4.74 Å². The molecule has 0 saturated carbocycles. The lowest BCUT2D eigenvalue weighted by Crippen LogP contribution is -2.70. The van der Waals surface area contributed by atoms with Crippen molar-refractivity contribution in [2.45, 2.75) is 41.9 Å². The summed E-state index contributed by atoms with van der Waals surface area (Å²) in [5.74, 6) is -0.835. The molecule has 0 aromatic heterocycles. The van der Waals surface area contributed by atoms with Crippen molar-refractivity contribution in [1.29, 1.82) is 0 Å². The van der Waals surface area contributed by atoms with E-state index < -0.39 is 17.6 Å². The van der Waals surface area contributed by atoms with E-state index in [9.17, 15) is 14.4 Å². The third-order valence-corrected chi connectivity index (χ3v) is 6.19. The van der Waals surface area contributed by atoms with Crippen molar-refractivity contribution in [3.63, 3.8) is 0 Å². The highest BCUT2D eigenvalue weighted by molar-refractivity contribution is 9.11. The molecule has 2 aliphatic rings. The van der Waals surface area contributed by atoms with Crippen LogP contribution >= 0.6 is 43.6 Å². The van der Waals surface area contributed by atoms with Crippen LogP contribution in [0.1, 0.15) is 20.8 Å². The molecule has 0 bridgehead atoms. The Morgan fingerprint density at radius 3 is 2.64 bits per heavy atom. The summed E-state index contributed by atoms with van der Waals surface area (Å²) in [6, 6.07) is -0.614. The molecule has 6 nitrogen and oxygen atoms in total. The Labute approximate surface area is 149 Å². The molecule has 9 heteroatoms. The van der Waals surface area contributed by atoms with Gasteiger partial charge in [0.25, 0.3) is 5.91 Å². The van der Waals surface area contributed by atoms with Crippen molar-refractivity contribution in [1.82, 2.24) is 10.2 Å². The first-order valence-corrected chi connectivity index (χ1v) is 9.54. The molecule has 0 aromatic rings. The first-order chi connectivity index (χ1) is 10.2. The number of halogens is 2. The molecule has 1 saturated heterocycles. The number of fused-ring (bicyclic) bond motifs is 1. The Kier molecular flexibility index (Phi) is 5.28. The quantitative estimate of drug-likeness (QED) is 0.302. The maximum atomic E-state index is 12.5. The third-order valence-electron chi connectivity index (χ3n) is 3.10. The van der Waals surface area contributed by atoms with Crippen molar-refractivity contribution in [2.24, 2.45) is 0 Å². The minimum Gasteiger partial charge on any atom is -0.455 e. The van der Waals surface area contributed by atoms with E-state index in [0.29, 0.717) is 11.7 Å². The van der Waals surface area contributed by atoms with Gasteiger partial charge in [0.1, 0.15) is 22.7 Å². The molecule has 0 spiro atoms. The summed E-state index contributed by atoms with van der Waals surface area (Å²) in [6.45, 7) is 5.32. The van der Waals surface area contributed by atoms with Gasteiger partial charge < -0.3 is 10.1 Å². The summed E-state index contributed by atoms with van der Waals surface area (Å²) in [5, 5.41) is 2.62. The van der Waals surface area contributed by atoms with Crippen molar-refractivity contribution < 1.29 is 19.1 Å². The number of nitrogens with zero attached hydrogens (tertiary/aromatic N) is 1. The van der Waals surface area contributed by atoms with Gasteiger partial charge in [-0.15, -0.1) is 11.8 Å². The van der Waals surface area contributed by atoms with Crippen LogP contribution in [-0.4, -0.2) is 49.7 Å². The summed E-state index contributed by atoms with van der Waals surface area (Å²) in [6.07, 6.45) is 0.501. The zero-order valence-corrected chi connectivity index (χ0v) is 16.2. The smallest absolute Gasteiger partial charge is 0.355 e. The average molecular weight is 456 g/mol. The maximum absolute atomic E-state index is 12.5. The lowest BCUT2D eigenvalue weighted by atomic mass is 10.0. The zero-order chi connectivity index (χ0) is 16.7. The number of β-lactam (4-membered cyclic amide) rings is 1. The number of hydrogen-bond acceptors (Lipinski definition) is 5. The zero-order valence-electron chi connectivity index (χ0n) is 12.3. The van der Waals surface area contributed by atoms with Gasteiger partial charge >= 0.3 is 5.97 Å². The van der Waals surface area contributed by atoms with E-state index in [1.165, 1.54) is 16.7 Å². The molecule has 122 valence electrons. The van der Waals surface area contributed by atoms with Crippen LogP contribution in [0.4, 0.5) is 0 Å². The maximum Gasteiger partial charge on any atom is 0.355 e. The number of carbonyl (C=O) groups excluding carboxylic acids is 3. The standard InChI is InChI=1S/C13H16Br2N2O4S/c1-13(2,3)21-12(20)8-6(4-14)9(15)22-11-7(16-5-18)10(19)17(8)11/h5,7,9,11H,4H2,1-3H3,(H,16,18)/t7-,9-,11+/m1/s1. The molecular formula is C13H16Br2N2O4S. The van der Waals surface area contributed by atoms with Gasteiger partial charge in [-0.2, -0.15) is 0 Å². The van der Waals surface area contributed by atoms with Gasteiger partial charge in [0.15, 0.2) is 0 Å². The second-order valence-corrected chi connectivity index (χ2v) is 9.13. The Morgan fingerprint density at radius 2 is 2.14 bits per heavy atom. The molecule has 3 atom stereocenters.